The molecule has 2 N–H and O–H groups in total. The Labute approximate surface area is 129 Å². The summed E-state index contributed by atoms with van der Waals surface area (Å²) < 4.78 is 27.4. The Morgan fingerprint density at radius 2 is 1.77 bits per heavy atom. The minimum atomic E-state index is -0.449. The zero-order chi connectivity index (χ0) is 15.9. The molecule has 2 aromatic carbocycles. The first-order valence-electron chi connectivity index (χ1n) is 7.52. The molecule has 2 nitrogen and oxygen atoms in total. The van der Waals surface area contributed by atoms with Crippen LogP contribution in [0.25, 0.3) is 0 Å². The third-order valence-electron chi connectivity index (χ3n) is 3.76. The van der Waals surface area contributed by atoms with Crippen LogP contribution >= 0.6 is 0 Å². The van der Waals surface area contributed by atoms with Gasteiger partial charge >= 0.3 is 0 Å². The minimum Gasteiger partial charge on any atom is -0.396 e. The van der Waals surface area contributed by atoms with Gasteiger partial charge in [-0.2, -0.15) is 0 Å². The van der Waals surface area contributed by atoms with Gasteiger partial charge in [0.1, 0.15) is 11.6 Å². The van der Waals surface area contributed by atoms with Gasteiger partial charge < -0.3 is 10.4 Å². The normalized spacial score (nSPS) is 13.8. The van der Waals surface area contributed by atoms with Crippen molar-refractivity contribution in [1.82, 2.24) is 5.32 Å². The largest absolute Gasteiger partial charge is 0.396 e. The minimum absolute atomic E-state index is 0.0224. The fourth-order valence-corrected chi connectivity index (χ4v) is 2.61. The van der Waals surface area contributed by atoms with E-state index in [1.807, 2.05) is 37.3 Å². The molecule has 1 unspecified atom stereocenters. The molecule has 22 heavy (non-hydrogen) atoms. The lowest BCUT2D eigenvalue weighted by Crippen LogP contribution is -2.27. The third kappa shape index (κ3) is 4.12. The van der Waals surface area contributed by atoms with E-state index in [9.17, 15) is 13.9 Å². The molecule has 0 aliphatic carbocycles. The highest BCUT2D eigenvalue weighted by Crippen LogP contribution is 2.26. The van der Waals surface area contributed by atoms with E-state index in [-0.39, 0.29) is 18.7 Å². The molecule has 2 atom stereocenters. The number of benzene rings is 2. The van der Waals surface area contributed by atoms with E-state index in [4.69, 9.17) is 0 Å². The van der Waals surface area contributed by atoms with Crippen molar-refractivity contribution in [3.63, 3.8) is 0 Å². The fourth-order valence-electron chi connectivity index (χ4n) is 2.61. The van der Waals surface area contributed by atoms with Gasteiger partial charge in [0, 0.05) is 24.3 Å². The molecule has 0 spiro atoms. The van der Waals surface area contributed by atoms with Gasteiger partial charge in [0.05, 0.1) is 0 Å². The molecule has 0 radical (unpaired) electrons. The van der Waals surface area contributed by atoms with Crippen LogP contribution in [0, 0.1) is 11.6 Å². The Morgan fingerprint density at radius 3 is 2.41 bits per heavy atom. The first-order valence-corrected chi connectivity index (χ1v) is 7.52. The van der Waals surface area contributed by atoms with Crippen molar-refractivity contribution in [1.29, 1.82) is 0 Å². The molecule has 0 heterocycles. The van der Waals surface area contributed by atoms with Gasteiger partial charge in [0.25, 0.3) is 0 Å². The third-order valence-corrected chi connectivity index (χ3v) is 3.76. The summed E-state index contributed by atoms with van der Waals surface area (Å²) in [5, 5.41) is 12.6. The van der Waals surface area contributed by atoms with Crippen LogP contribution in [0.15, 0.2) is 48.5 Å². The van der Waals surface area contributed by atoms with Crippen LogP contribution in [0.2, 0.25) is 0 Å². The van der Waals surface area contributed by atoms with E-state index in [1.165, 1.54) is 6.07 Å². The van der Waals surface area contributed by atoms with Gasteiger partial charge in [-0.05, 0) is 36.6 Å². The van der Waals surface area contributed by atoms with E-state index in [0.717, 1.165) is 17.7 Å². The molecule has 4 heteroatoms. The van der Waals surface area contributed by atoms with Crippen LogP contribution in [0.4, 0.5) is 8.78 Å². The highest BCUT2D eigenvalue weighted by molar-refractivity contribution is 5.24. The van der Waals surface area contributed by atoms with Crippen molar-refractivity contribution in [3.05, 3.63) is 71.3 Å². The van der Waals surface area contributed by atoms with Gasteiger partial charge in [-0.15, -0.1) is 0 Å². The van der Waals surface area contributed by atoms with E-state index in [1.54, 1.807) is 0 Å². The highest BCUT2D eigenvalue weighted by atomic mass is 19.1. The quantitative estimate of drug-likeness (QED) is 0.806. The van der Waals surface area contributed by atoms with Gasteiger partial charge in [-0.1, -0.05) is 37.3 Å². The van der Waals surface area contributed by atoms with E-state index < -0.39 is 11.6 Å². The molecule has 0 aromatic heterocycles. The molecule has 2 aromatic rings. The maximum atomic E-state index is 14.0. The molecular formula is C18H21F2NO. The number of hydrogen-bond donors (Lipinski definition) is 2. The van der Waals surface area contributed by atoms with Crippen molar-refractivity contribution in [2.45, 2.75) is 31.8 Å². The van der Waals surface area contributed by atoms with Crippen LogP contribution in [0.3, 0.4) is 0 Å². The zero-order valence-electron chi connectivity index (χ0n) is 12.6. The van der Waals surface area contributed by atoms with Gasteiger partial charge in [0.15, 0.2) is 0 Å². The SMILES string of the molecule is CCC(N[C@H](CCO)c1ccccc1)c1cc(F)ccc1F. The number of aliphatic hydroxyl groups excluding tert-OH is 1. The number of hydrogen-bond acceptors (Lipinski definition) is 2. The Morgan fingerprint density at radius 1 is 1.05 bits per heavy atom. The lowest BCUT2D eigenvalue weighted by Gasteiger charge is -2.26. The summed E-state index contributed by atoms with van der Waals surface area (Å²) in [4.78, 5) is 0. The maximum absolute atomic E-state index is 14.0. The Kier molecular flexibility index (Phi) is 6.04. The maximum Gasteiger partial charge on any atom is 0.128 e. The summed E-state index contributed by atoms with van der Waals surface area (Å²) in [6.45, 7) is 1.94. The summed E-state index contributed by atoms with van der Waals surface area (Å²) in [7, 11) is 0. The standard InChI is InChI=1S/C18H21F2NO/c1-2-17(15-12-14(19)8-9-16(15)20)21-18(10-11-22)13-6-4-3-5-7-13/h3-9,12,17-18,21-22H,2,10-11H2,1H3/t17?,18-/m1/s1. The number of nitrogens with one attached hydrogen (secondary N) is 1. The molecule has 0 amide bonds. The van der Waals surface area contributed by atoms with Crippen molar-refractivity contribution < 1.29 is 13.9 Å². The fraction of sp³-hybridized carbons (Fsp3) is 0.333. The van der Waals surface area contributed by atoms with E-state index in [2.05, 4.69) is 5.32 Å². The van der Waals surface area contributed by atoms with Crippen molar-refractivity contribution >= 4 is 0 Å². The molecule has 0 aliphatic rings. The predicted molar refractivity (Wildman–Crippen MR) is 83.4 cm³/mol. The van der Waals surface area contributed by atoms with Crippen LogP contribution < -0.4 is 5.32 Å². The van der Waals surface area contributed by atoms with Crippen molar-refractivity contribution in [2.75, 3.05) is 6.61 Å². The number of rotatable bonds is 7. The van der Waals surface area contributed by atoms with Gasteiger partial charge in [-0.3, -0.25) is 0 Å². The Balaban J connectivity index is 2.24. The first-order chi connectivity index (χ1) is 10.7. The van der Waals surface area contributed by atoms with Crippen molar-refractivity contribution in [2.24, 2.45) is 0 Å². The summed E-state index contributed by atoms with van der Waals surface area (Å²) in [6.07, 6.45) is 1.13. The van der Waals surface area contributed by atoms with Crippen LogP contribution in [0.1, 0.15) is 43.0 Å². The summed E-state index contributed by atoms with van der Waals surface area (Å²) in [5.74, 6) is -0.869. The molecule has 0 fully saturated rings. The number of halogens is 2. The second-order valence-electron chi connectivity index (χ2n) is 5.27. The van der Waals surface area contributed by atoms with Gasteiger partial charge in [-0.25, -0.2) is 8.78 Å². The monoisotopic (exact) mass is 305 g/mol. The average Bonchev–Trinajstić information content (AvgIpc) is 2.55. The average molecular weight is 305 g/mol. The molecule has 2 rings (SSSR count). The lowest BCUT2D eigenvalue weighted by molar-refractivity contribution is 0.257. The van der Waals surface area contributed by atoms with Crippen LogP contribution in [-0.2, 0) is 0 Å². The second-order valence-corrected chi connectivity index (χ2v) is 5.27. The Bertz CT molecular complexity index is 589. The van der Waals surface area contributed by atoms with E-state index >= 15 is 0 Å². The molecule has 0 saturated heterocycles. The van der Waals surface area contributed by atoms with Crippen LogP contribution in [-0.4, -0.2) is 11.7 Å². The zero-order valence-corrected chi connectivity index (χ0v) is 12.6. The topological polar surface area (TPSA) is 32.3 Å². The smallest absolute Gasteiger partial charge is 0.128 e. The summed E-state index contributed by atoms with van der Waals surface area (Å²) >= 11 is 0. The second kappa shape index (κ2) is 8.01. The van der Waals surface area contributed by atoms with Crippen molar-refractivity contribution in [3.8, 4) is 0 Å². The first kappa shape index (κ1) is 16.6. The molecule has 0 bridgehead atoms. The molecule has 118 valence electrons. The molecule has 0 saturated carbocycles. The predicted octanol–water partition coefficient (Wildman–Crippen LogP) is 4.13. The number of aliphatic hydroxyl groups is 1. The molecular weight excluding hydrogens is 284 g/mol. The van der Waals surface area contributed by atoms with Crippen LogP contribution in [0.5, 0.6) is 0 Å². The van der Waals surface area contributed by atoms with Gasteiger partial charge in [0.2, 0.25) is 0 Å². The highest BCUT2D eigenvalue weighted by Gasteiger charge is 2.20. The molecule has 0 aliphatic heterocycles. The lowest BCUT2D eigenvalue weighted by atomic mass is 9.98. The summed E-state index contributed by atoms with van der Waals surface area (Å²) in [6, 6.07) is 12.8. The summed E-state index contributed by atoms with van der Waals surface area (Å²) in [5.41, 5.74) is 1.34. The Hall–Kier alpha value is -1.78. The van der Waals surface area contributed by atoms with E-state index in [0.29, 0.717) is 18.4 Å².